The molecule has 2 rings (SSSR count). The highest BCUT2D eigenvalue weighted by atomic mass is 35.5. The van der Waals surface area contributed by atoms with Crippen molar-refractivity contribution in [1.29, 1.82) is 0 Å². The van der Waals surface area contributed by atoms with Crippen LogP contribution in [0.2, 0.25) is 5.15 Å². The first-order chi connectivity index (χ1) is 8.26. The van der Waals surface area contributed by atoms with Crippen LogP contribution in [0, 0.1) is 0 Å². The van der Waals surface area contributed by atoms with E-state index in [0.717, 1.165) is 13.1 Å². The summed E-state index contributed by atoms with van der Waals surface area (Å²) in [5.41, 5.74) is 0. The zero-order valence-corrected chi connectivity index (χ0v) is 10.7. The van der Waals surface area contributed by atoms with Crippen molar-refractivity contribution < 1.29 is 9.47 Å². The Kier molecular flexibility index (Phi) is 4.15. The molecule has 17 heavy (non-hydrogen) atoms. The number of anilines is 1. The highest BCUT2D eigenvalue weighted by Gasteiger charge is 2.35. The zero-order chi connectivity index (χ0) is 12.3. The third-order valence-electron chi connectivity index (χ3n) is 2.83. The predicted molar refractivity (Wildman–Crippen MR) is 65.5 cm³/mol. The lowest BCUT2D eigenvalue weighted by molar-refractivity contribution is -0.0232. The van der Waals surface area contributed by atoms with Crippen molar-refractivity contribution in [2.75, 3.05) is 31.7 Å². The van der Waals surface area contributed by atoms with Crippen LogP contribution in [-0.2, 0) is 9.47 Å². The summed E-state index contributed by atoms with van der Waals surface area (Å²) in [4.78, 5) is 10.3. The van der Waals surface area contributed by atoms with Gasteiger partial charge < -0.3 is 14.4 Å². The second-order valence-electron chi connectivity index (χ2n) is 3.84. The average Bonchev–Trinajstić information content (AvgIpc) is 2.73. The molecule has 2 atom stereocenters. The monoisotopic (exact) mass is 257 g/mol. The highest BCUT2D eigenvalue weighted by molar-refractivity contribution is 6.31. The molecule has 1 aromatic rings. The fraction of sp³-hybridized carbons (Fsp3) is 0.636. The van der Waals surface area contributed by atoms with Crippen LogP contribution in [0.5, 0.6) is 0 Å². The molecule has 0 aliphatic carbocycles. The summed E-state index contributed by atoms with van der Waals surface area (Å²) in [6.07, 6.45) is 3.32. The van der Waals surface area contributed by atoms with Crippen LogP contribution in [0.25, 0.3) is 0 Å². The van der Waals surface area contributed by atoms with Crippen LogP contribution in [0.15, 0.2) is 12.4 Å². The van der Waals surface area contributed by atoms with Crippen LogP contribution < -0.4 is 4.90 Å². The lowest BCUT2D eigenvalue weighted by Gasteiger charge is -2.17. The maximum absolute atomic E-state index is 6.02. The van der Waals surface area contributed by atoms with E-state index in [1.807, 2.05) is 11.8 Å². The highest BCUT2D eigenvalue weighted by Crippen LogP contribution is 2.26. The minimum absolute atomic E-state index is 0.0491. The van der Waals surface area contributed by atoms with Gasteiger partial charge in [0.2, 0.25) is 0 Å². The second kappa shape index (κ2) is 5.62. The molecule has 2 heterocycles. The maximum atomic E-state index is 6.02. The van der Waals surface area contributed by atoms with Crippen LogP contribution in [0.4, 0.5) is 5.82 Å². The summed E-state index contributed by atoms with van der Waals surface area (Å²) in [5.74, 6) is 0.693. The third kappa shape index (κ3) is 2.68. The van der Waals surface area contributed by atoms with Crippen molar-refractivity contribution >= 4 is 17.4 Å². The molecular weight excluding hydrogens is 242 g/mol. The molecular formula is C11H16ClN3O2. The van der Waals surface area contributed by atoms with Crippen molar-refractivity contribution in [3.05, 3.63) is 17.5 Å². The SMILES string of the molecule is CCO[C@H]1CN(c2nccnc2Cl)C[C@H]1OC. The largest absolute Gasteiger partial charge is 0.377 e. The Hall–Kier alpha value is -0.910. The number of nitrogens with zero attached hydrogens (tertiary/aromatic N) is 3. The van der Waals surface area contributed by atoms with Gasteiger partial charge in [0.15, 0.2) is 11.0 Å². The molecule has 0 amide bonds. The minimum Gasteiger partial charge on any atom is -0.377 e. The molecule has 0 radical (unpaired) electrons. The Morgan fingerprint density at radius 3 is 2.71 bits per heavy atom. The van der Waals surface area contributed by atoms with Gasteiger partial charge in [-0.3, -0.25) is 0 Å². The lowest BCUT2D eigenvalue weighted by Crippen LogP contribution is -2.28. The van der Waals surface area contributed by atoms with E-state index in [2.05, 4.69) is 9.97 Å². The molecule has 5 nitrogen and oxygen atoms in total. The van der Waals surface area contributed by atoms with Gasteiger partial charge in [-0.05, 0) is 6.92 Å². The molecule has 1 aliphatic rings. The fourth-order valence-electron chi connectivity index (χ4n) is 2.04. The number of methoxy groups -OCH3 is 1. The first-order valence-corrected chi connectivity index (χ1v) is 6.00. The molecule has 0 saturated carbocycles. The van der Waals surface area contributed by atoms with E-state index < -0.39 is 0 Å². The molecule has 0 unspecified atom stereocenters. The Labute approximate surface area is 106 Å². The number of halogens is 1. The quantitative estimate of drug-likeness (QED) is 0.815. The Morgan fingerprint density at radius 1 is 1.35 bits per heavy atom. The molecule has 1 aliphatic heterocycles. The standard InChI is InChI=1S/C11H16ClN3O2/c1-3-17-9-7-15(6-8(9)16-2)11-10(12)13-4-5-14-11/h4-5,8-9H,3,6-7H2,1-2H3/t8-,9+/m1/s1. The molecule has 1 saturated heterocycles. The summed E-state index contributed by atoms with van der Waals surface area (Å²) >= 11 is 6.02. The fourth-order valence-corrected chi connectivity index (χ4v) is 2.27. The number of rotatable bonds is 4. The van der Waals surface area contributed by atoms with Crippen molar-refractivity contribution in [3.63, 3.8) is 0 Å². The number of hydrogen-bond acceptors (Lipinski definition) is 5. The molecule has 1 fully saturated rings. The summed E-state index contributed by atoms with van der Waals surface area (Å²) in [7, 11) is 1.69. The number of ether oxygens (including phenoxy) is 2. The van der Waals surface area contributed by atoms with Gasteiger partial charge in [0.1, 0.15) is 12.2 Å². The molecule has 0 aromatic carbocycles. The van der Waals surface area contributed by atoms with Crippen LogP contribution in [-0.4, -0.2) is 49.0 Å². The van der Waals surface area contributed by atoms with E-state index >= 15 is 0 Å². The second-order valence-corrected chi connectivity index (χ2v) is 4.20. The smallest absolute Gasteiger partial charge is 0.171 e. The van der Waals surface area contributed by atoms with Crippen LogP contribution in [0.3, 0.4) is 0 Å². The number of hydrogen-bond donors (Lipinski definition) is 0. The van der Waals surface area contributed by atoms with E-state index in [1.54, 1.807) is 19.5 Å². The molecule has 0 N–H and O–H groups in total. The molecule has 0 spiro atoms. The molecule has 1 aromatic heterocycles. The lowest BCUT2D eigenvalue weighted by atomic mass is 10.2. The van der Waals surface area contributed by atoms with Crippen molar-refractivity contribution in [1.82, 2.24) is 9.97 Å². The number of aromatic nitrogens is 2. The topological polar surface area (TPSA) is 47.5 Å². The summed E-state index contributed by atoms with van der Waals surface area (Å²) in [6, 6.07) is 0. The summed E-state index contributed by atoms with van der Waals surface area (Å²) < 4.78 is 11.0. The van der Waals surface area contributed by atoms with Crippen LogP contribution >= 0.6 is 11.6 Å². The van der Waals surface area contributed by atoms with E-state index in [0.29, 0.717) is 17.6 Å². The summed E-state index contributed by atoms with van der Waals surface area (Å²) in [5, 5.41) is 0.416. The average molecular weight is 258 g/mol. The zero-order valence-electron chi connectivity index (χ0n) is 9.97. The van der Waals surface area contributed by atoms with E-state index in [-0.39, 0.29) is 12.2 Å². The molecule has 94 valence electrons. The third-order valence-corrected chi connectivity index (χ3v) is 3.10. The van der Waals surface area contributed by atoms with Gasteiger partial charge in [0.05, 0.1) is 0 Å². The van der Waals surface area contributed by atoms with Gasteiger partial charge in [0, 0.05) is 39.2 Å². The Balaban J connectivity index is 2.12. The van der Waals surface area contributed by atoms with E-state index in [9.17, 15) is 0 Å². The molecule has 0 bridgehead atoms. The summed E-state index contributed by atoms with van der Waals surface area (Å²) in [6.45, 7) is 4.10. The van der Waals surface area contributed by atoms with Crippen molar-refractivity contribution in [2.24, 2.45) is 0 Å². The minimum atomic E-state index is 0.0491. The van der Waals surface area contributed by atoms with Crippen molar-refractivity contribution in [2.45, 2.75) is 19.1 Å². The Morgan fingerprint density at radius 2 is 2.06 bits per heavy atom. The van der Waals surface area contributed by atoms with Crippen molar-refractivity contribution in [3.8, 4) is 0 Å². The van der Waals surface area contributed by atoms with E-state index in [1.165, 1.54) is 0 Å². The van der Waals surface area contributed by atoms with Gasteiger partial charge in [-0.25, -0.2) is 9.97 Å². The van der Waals surface area contributed by atoms with Gasteiger partial charge in [0.25, 0.3) is 0 Å². The van der Waals surface area contributed by atoms with E-state index in [4.69, 9.17) is 21.1 Å². The van der Waals surface area contributed by atoms with Crippen LogP contribution in [0.1, 0.15) is 6.92 Å². The van der Waals surface area contributed by atoms with Gasteiger partial charge in [-0.2, -0.15) is 0 Å². The van der Waals surface area contributed by atoms with Gasteiger partial charge in [-0.1, -0.05) is 11.6 Å². The first kappa shape index (κ1) is 12.5. The first-order valence-electron chi connectivity index (χ1n) is 5.62. The normalized spacial score (nSPS) is 24.3. The maximum Gasteiger partial charge on any atom is 0.171 e. The predicted octanol–water partition coefficient (Wildman–Crippen LogP) is 1.37. The molecule has 6 heteroatoms. The van der Waals surface area contributed by atoms with Gasteiger partial charge >= 0.3 is 0 Å². The Bertz CT molecular complexity index is 377. The van der Waals surface area contributed by atoms with Gasteiger partial charge in [-0.15, -0.1) is 0 Å².